The first-order valence-corrected chi connectivity index (χ1v) is 13.9. The van der Waals surface area contributed by atoms with Crippen molar-refractivity contribution < 1.29 is 28.5 Å². The van der Waals surface area contributed by atoms with Crippen LogP contribution in [0.2, 0.25) is 0 Å². The minimum atomic E-state index is -0.269. The summed E-state index contributed by atoms with van der Waals surface area (Å²) in [5, 5.41) is 1.13. The summed E-state index contributed by atoms with van der Waals surface area (Å²) in [5.74, 6) is 1.25. The van der Waals surface area contributed by atoms with E-state index in [1.807, 2.05) is 48.7 Å². The molecule has 0 aliphatic heterocycles. The van der Waals surface area contributed by atoms with Gasteiger partial charge in [-0.25, -0.2) is 0 Å². The number of hydrogen-bond donors (Lipinski definition) is 1. The molecule has 1 aromatic heterocycles. The number of nitrogens with zero attached hydrogens (tertiary/aromatic N) is 2. The third-order valence-corrected chi connectivity index (χ3v) is 7.25. The second kappa shape index (κ2) is 14.9. The molecule has 0 fully saturated rings. The first kappa shape index (κ1) is 30.5. The third-order valence-electron chi connectivity index (χ3n) is 7.25. The Kier molecular flexibility index (Phi) is 10.8. The van der Waals surface area contributed by atoms with Gasteiger partial charge in [-0.05, 0) is 48.7 Å². The van der Waals surface area contributed by atoms with E-state index in [-0.39, 0.29) is 18.4 Å². The largest absolute Gasteiger partial charge is 0.496 e. The molecule has 0 saturated heterocycles. The SMILES string of the molecule is COCCCN(CC(=O)N(CCc1c[nH]c2ccccc12)Cc1ccccc1OC)C(=O)c1ccc(OC)c(OC)c1. The number of rotatable bonds is 15. The van der Waals surface area contributed by atoms with E-state index in [2.05, 4.69) is 11.1 Å². The Hall–Kier alpha value is -4.50. The molecule has 0 atom stereocenters. The second-order valence-electron chi connectivity index (χ2n) is 9.88. The molecule has 0 saturated carbocycles. The number of fused-ring (bicyclic) bond motifs is 1. The van der Waals surface area contributed by atoms with Crippen LogP contribution in [0, 0.1) is 0 Å². The molecule has 3 aromatic carbocycles. The van der Waals surface area contributed by atoms with Crippen LogP contribution in [0.4, 0.5) is 0 Å². The molecule has 4 aromatic rings. The molecule has 0 aliphatic carbocycles. The minimum Gasteiger partial charge on any atom is -0.496 e. The molecular formula is C33H39N3O6. The zero-order valence-corrected chi connectivity index (χ0v) is 24.7. The van der Waals surface area contributed by atoms with Crippen molar-refractivity contribution in [3.8, 4) is 17.2 Å². The molecule has 222 valence electrons. The summed E-state index contributed by atoms with van der Waals surface area (Å²) in [6.45, 7) is 1.56. The number of benzene rings is 3. The number of carbonyl (C=O) groups is 2. The highest BCUT2D eigenvalue weighted by atomic mass is 16.5. The zero-order valence-electron chi connectivity index (χ0n) is 24.7. The van der Waals surface area contributed by atoms with Gasteiger partial charge in [-0.1, -0.05) is 36.4 Å². The third kappa shape index (κ3) is 7.41. The van der Waals surface area contributed by atoms with Crippen molar-refractivity contribution in [2.75, 3.05) is 54.7 Å². The van der Waals surface area contributed by atoms with Gasteiger partial charge in [0.05, 0.1) is 21.3 Å². The summed E-state index contributed by atoms with van der Waals surface area (Å²) in [6, 6.07) is 20.8. The number of methoxy groups -OCH3 is 4. The maximum absolute atomic E-state index is 14.0. The topological polar surface area (TPSA) is 93.3 Å². The van der Waals surface area contributed by atoms with E-state index in [1.54, 1.807) is 49.3 Å². The number of carbonyl (C=O) groups excluding carboxylic acids is 2. The molecule has 0 bridgehead atoms. The summed E-state index contributed by atoms with van der Waals surface area (Å²) in [5.41, 5.74) is 3.49. The van der Waals surface area contributed by atoms with Gasteiger partial charge in [-0.15, -0.1) is 0 Å². The highest BCUT2D eigenvalue weighted by molar-refractivity contribution is 5.97. The number of para-hydroxylation sites is 2. The Labute approximate surface area is 246 Å². The monoisotopic (exact) mass is 573 g/mol. The van der Waals surface area contributed by atoms with Gasteiger partial charge in [0.1, 0.15) is 12.3 Å². The number of aromatic amines is 1. The van der Waals surface area contributed by atoms with Crippen LogP contribution in [0.3, 0.4) is 0 Å². The summed E-state index contributed by atoms with van der Waals surface area (Å²) in [6.07, 6.45) is 3.23. The van der Waals surface area contributed by atoms with Crippen LogP contribution in [-0.2, 0) is 22.5 Å². The second-order valence-corrected chi connectivity index (χ2v) is 9.88. The first-order chi connectivity index (χ1) is 20.5. The number of nitrogens with one attached hydrogen (secondary N) is 1. The first-order valence-electron chi connectivity index (χ1n) is 13.9. The lowest BCUT2D eigenvalue weighted by Crippen LogP contribution is -2.44. The van der Waals surface area contributed by atoms with Crippen molar-refractivity contribution >= 4 is 22.7 Å². The number of hydrogen-bond acceptors (Lipinski definition) is 6. The van der Waals surface area contributed by atoms with Crippen molar-refractivity contribution in [2.24, 2.45) is 0 Å². The Morgan fingerprint density at radius 1 is 0.762 bits per heavy atom. The summed E-state index contributed by atoms with van der Waals surface area (Å²) in [4.78, 5) is 34.4. The fraction of sp³-hybridized carbons (Fsp3) is 0.333. The van der Waals surface area contributed by atoms with E-state index in [0.717, 1.165) is 22.0 Å². The molecule has 1 N–H and O–H groups in total. The van der Waals surface area contributed by atoms with E-state index in [4.69, 9.17) is 18.9 Å². The van der Waals surface area contributed by atoms with Crippen LogP contribution in [0.1, 0.15) is 27.9 Å². The lowest BCUT2D eigenvalue weighted by Gasteiger charge is -2.28. The highest BCUT2D eigenvalue weighted by Crippen LogP contribution is 2.28. The maximum atomic E-state index is 14.0. The fourth-order valence-corrected chi connectivity index (χ4v) is 4.99. The molecular weight excluding hydrogens is 534 g/mol. The van der Waals surface area contributed by atoms with E-state index < -0.39 is 0 Å². The molecule has 4 rings (SSSR count). The van der Waals surface area contributed by atoms with E-state index in [1.165, 1.54) is 7.11 Å². The van der Waals surface area contributed by atoms with Crippen molar-refractivity contribution in [1.29, 1.82) is 0 Å². The molecule has 0 radical (unpaired) electrons. The molecule has 0 spiro atoms. The van der Waals surface area contributed by atoms with Crippen LogP contribution in [0.5, 0.6) is 17.2 Å². The molecule has 42 heavy (non-hydrogen) atoms. The number of ether oxygens (including phenoxy) is 4. The number of H-pyrrole nitrogens is 1. The van der Waals surface area contributed by atoms with Gasteiger partial charge in [-0.2, -0.15) is 0 Å². The van der Waals surface area contributed by atoms with E-state index in [9.17, 15) is 9.59 Å². The van der Waals surface area contributed by atoms with Crippen LogP contribution in [0.25, 0.3) is 10.9 Å². The Morgan fingerprint density at radius 2 is 1.50 bits per heavy atom. The predicted octanol–water partition coefficient (Wildman–Crippen LogP) is 4.94. The van der Waals surface area contributed by atoms with Crippen molar-refractivity contribution in [2.45, 2.75) is 19.4 Å². The van der Waals surface area contributed by atoms with E-state index >= 15 is 0 Å². The zero-order chi connectivity index (χ0) is 29.9. The van der Waals surface area contributed by atoms with Crippen molar-refractivity contribution in [3.63, 3.8) is 0 Å². The van der Waals surface area contributed by atoms with Crippen LogP contribution < -0.4 is 14.2 Å². The Morgan fingerprint density at radius 3 is 2.26 bits per heavy atom. The van der Waals surface area contributed by atoms with Crippen LogP contribution >= 0.6 is 0 Å². The van der Waals surface area contributed by atoms with Gasteiger partial charge in [0, 0.05) is 61.6 Å². The molecule has 9 nitrogen and oxygen atoms in total. The predicted molar refractivity (Wildman–Crippen MR) is 162 cm³/mol. The van der Waals surface area contributed by atoms with Gasteiger partial charge < -0.3 is 33.7 Å². The molecule has 1 heterocycles. The van der Waals surface area contributed by atoms with Gasteiger partial charge in [0.2, 0.25) is 5.91 Å². The molecule has 0 unspecified atom stereocenters. The average Bonchev–Trinajstić information content (AvgIpc) is 3.45. The Balaban J connectivity index is 1.59. The quantitative estimate of drug-likeness (QED) is 0.203. The minimum absolute atomic E-state index is 0.0834. The standard InChI is InChI=1S/C33H39N3O6/c1-39-19-9-17-36(33(38)24-14-15-30(41-3)31(20-24)42-4)23-32(37)35(22-26-10-5-8-13-29(26)40-2)18-16-25-21-34-28-12-7-6-11-27(25)28/h5-8,10-15,20-21,34H,9,16-19,22-23H2,1-4H3. The molecule has 2 amide bonds. The fourth-order valence-electron chi connectivity index (χ4n) is 4.99. The summed E-state index contributed by atoms with van der Waals surface area (Å²) in [7, 11) is 6.30. The number of aromatic nitrogens is 1. The lowest BCUT2D eigenvalue weighted by molar-refractivity contribution is -0.132. The molecule has 9 heteroatoms. The lowest BCUT2D eigenvalue weighted by atomic mass is 10.1. The maximum Gasteiger partial charge on any atom is 0.254 e. The normalized spacial score (nSPS) is 10.9. The highest BCUT2D eigenvalue weighted by Gasteiger charge is 2.24. The summed E-state index contributed by atoms with van der Waals surface area (Å²) < 4.78 is 21.5. The summed E-state index contributed by atoms with van der Waals surface area (Å²) >= 11 is 0. The van der Waals surface area contributed by atoms with Crippen molar-refractivity contribution in [3.05, 3.63) is 89.6 Å². The molecule has 0 aliphatic rings. The number of amides is 2. The Bertz CT molecular complexity index is 1480. The smallest absolute Gasteiger partial charge is 0.254 e. The van der Waals surface area contributed by atoms with Gasteiger partial charge >= 0.3 is 0 Å². The average molecular weight is 574 g/mol. The van der Waals surface area contributed by atoms with Crippen molar-refractivity contribution in [1.82, 2.24) is 14.8 Å². The van der Waals surface area contributed by atoms with Gasteiger partial charge in [-0.3, -0.25) is 9.59 Å². The van der Waals surface area contributed by atoms with Gasteiger partial charge in [0.15, 0.2) is 11.5 Å². The van der Waals surface area contributed by atoms with E-state index in [0.29, 0.717) is 61.9 Å². The van der Waals surface area contributed by atoms with Crippen LogP contribution in [0.15, 0.2) is 72.9 Å². The van der Waals surface area contributed by atoms with Gasteiger partial charge in [0.25, 0.3) is 5.91 Å². The van der Waals surface area contributed by atoms with Crippen LogP contribution in [-0.4, -0.2) is 81.3 Å².